The van der Waals surface area contributed by atoms with Crippen LogP contribution in [0.1, 0.15) is 46.3 Å². The number of carbonyl (C=O) groups excluding carboxylic acids is 3. The number of unbranched alkanes of at least 4 members (excludes halogenated alkanes) is 1. The molecule has 4 aromatic rings. The molecule has 14 heteroatoms. The minimum absolute atomic E-state index is 0.0530. The van der Waals surface area contributed by atoms with Crippen LogP contribution in [0.2, 0.25) is 5.02 Å². The molecule has 12 nitrogen and oxygen atoms in total. The Kier molecular flexibility index (Phi) is 12.3. The minimum Gasteiger partial charge on any atom is -0.446 e. The molecule has 2 N–H and O–H groups in total. The average Bonchev–Trinajstić information content (AvgIpc) is 3.50. The van der Waals surface area contributed by atoms with E-state index in [2.05, 4.69) is 31.0 Å². The average molecular weight is 678 g/mol. The van der Waals surface area contributed by atoms with E-state index in [1.54, 1.807) is 30.3 Å². The molecule has 1 atom stereocenters. The number of hydrogen-bond donors (Lipinski definition) is 2. The topological polar surface area (TPSA) is 149 Å². The first kappa shape index (κ1) is 34.0. The van der Waals surface area contributed by atoms with Crippen molar-refractivity contribution in [3.05, 3.63) is 93.1 Å². The predicted molar refractivity (Wildman–Crippen MR) is 178 cm³/mol. The fourth-order valence-electron chi connectivity index (χ4n) is 4.97. The van der Waals surface area contributed by atoms with E-state index in [1.807, 2.05) is 42.2 Å². The molecule has 0 bridgehead atoms. The summed E-state index contributed by atoms with van der Waals surface area (Å²) >= 11 is 7.43. The molecule has 0 radical (unpaired) electrons. The van der Waals surface area contributed by atoms with Crippen LogP contribution >= 0.6 is 22.9 Å². The first-order chi connectivity index (χ1) is 22.8. The van der Waals surface area contributed by atoms with Gasteiger partial charge in [-0.15, -0.1) is 15.3 Å². The van der Waals surface area contributed by atoms with Gasteiger partial charge in [-0.25, -0.2) is 0 Å². The second-order valence-corrected chi connectivity index (χ2v) is 12.6. The second kappa shape index (κ2) is 17.0. The zero-order valence-electron chi connectivity index (χ0n) is 26.0. The zero-order valence-corrected chi connectivity index (χ0v) is 27.6. The number of anilines is 2. The number of halogens is 1. The number of hydrogen-bond acceptors (Lipinski definition) is 11. The van der Waals surface area contributed by atoms with Crippen LogP contribution in [0.5, 0.6) is 0 Å². The highest BCUT2D eigenvalue weighted by Gasteiger charge is 2.28. The molecule has 2 aromatic carbocycles. The van der Waals surface area contributed by atoms with Crippen LogP contribution in [0.15, 0.2) is 60.7 Å². The summed E-state index contributed by atoms with van der Waals surface area (Å²) in [6.07, 6.45) is 2.11. The van der Waals surface area contributed by atoms with Gasteiger partial charge in [0.2, 0.25) is 17.1 Å². The van der Waals surface area contributed by atoms with Crippen LogP contribution in [0, 0.1) is 6.92 Å². The lowest BCUT2D eigenvalue weighted by Crippen LogP contribution is -2.40. The van der Waals surface area contributed by atoms with Gasteiger partial charge in [-0.2, -0.15) is 5.10 Å². The Morgan fingerprint density at radius 1 is 0.957 bits per heavy atom. The van der Waals surface area contributed by atoms with Crippen LogP contribution in [0.25, 0.3) is 0 Å². The quantitative estimate of drug-likeness (QED) is 0.143. The summed E-state index contributed by atoms with van der Waals surface area (Å²) in [5.41, 5.74) is 3.33. The van der Waals surface area contributed by atoms with Crippen molar-refractivity contribution in [3.8, 4) is 0 Å². The van der Waals surface area contributed by atoms with E-state index in [1.165, 1.54) is 11.3 Å². The van der Waals surface area contributed by atoms with Crippen molar-refractivity contribution in [1.82, 2.24) is 25.3 Å². The summed E-state index contributed by atoms with van der Waals surface area (Å²) in [5.74, 6) is -0.791. The Morgan fingerprint density at radius 2 is 1.77 bits per heavy atom. The number of morpholine rings is 1. The van der Waals surface area contributed by atoms with Crippen LogP contribution in [-0.2, 0) is 43.1 Å². The Morgan fingerprint density at radius 3 is 2.53 bits per heavy atom. The maximum Gasteiger partial charge on any atom is 0.321 e. The van der Waals surface area contributed by atoms with Crippen LogP contribution in [0.3, 0.4) is 0 Å². The molecule has 2 aromatic heterocycles. The molecule has 1 saturated heterocycles. The van der Waals surface area contributed by atoms with Gasteiger partial charge in [0.15, 0.2) is 5.82 Å². The van der Waals surface area contributed by atoms with E-state index in [0.29, 0.717) is 60.7 Å². The van der Waals surface area contributed by atoms with E-state index >= 15 is 0 Å². The SMILES string of the molecule is Cc1cccc(CC(=O)Nc2ccc(CCCCc3nnc(NC(=O)C(OC(=O)CN4CCOCC4)c4cccc(Cl)c4)s3)nn2)c1. The minimum atomic E-state index is -1.21. The first-order valence-corrected chi connectivity index (χ1v) is 16.6. The summed E-state index contributed by atoms with van der Waals surface area (Å²) in [7, 11) is 0. The Hall–Kier alpha value is -4.30. The Bertz CT molecular complexity index is 1660. The number of aryl methyl sites for hydroxylation is 3. The highest BCUT2D eigenvalue weighted by Crippen LogP contribution is 2.25. The Balaban J connectivity index is 1.07. The van der Waals surface area contributed by atoms with E-state index in [0.717, 1.165) is 34.7 Å². The number of rotatable bonds is 14. The largest absolute Gasteiger partial charge is 0.446 e. The molecule has 246 valence electrons. The number of nitrogens with zero attached hydrogens (tertiary/aromatic N) is 5. The number of ether oxygens (including phenoxy) is 2. The summed E-state index contributed by atoms with van der Waals surface area (Å²) < 4.78 is 11.0. The van der Waals surface area contributed by atoms with Gasteiger partial charge in [0.1, 0.15) is 5.01 Å². The van der Waals surface area contributed by atoms with Crippen molar-refractivity contribution in [2.24, 2.45) is 0 Å². The fraction of sp³-hybridized carbons (Fsp3) is 0.364. The van der Waals surface area contributed by atoms with Gasteiger partial charge < -0.3 is 14.8 Å². The van der Waals surface area contributed by atoms with Crippen LogP contribution in [-0.4, -0.2) is 75.9 Å². The maximum atomic E-state index is 13.3. The van der Waals surface area contributed by atoms with E-state index in [-0.39, 0.29) is 18.9 Å². The predicted octanol–water partition coefficient (Wildman–Crippen LogP) is 4.59. The molecular formula is C33H36ClN7O5S. The van der Waals surface area contributed by atoms with Crippen molar-refractivity contribution in [3.63, 3.8) is 0 Å². The molecule has 1 fully saturated rings. The van der Waals surface area contributed by atoms with Gasteiger partial charge in [-0.3, -0.25) is 24.6 Å². The highest BCUT2D eigenvalue weighted by molar-refractivity contribution is 7.15. The molecule has 0 spiro atoms. The second-order valence-electron chi connectivity index (χ2n) is 11.1. The van der Waals surface area contributed by atoms with E-state index < -0.39 is 18.0 Å². The molecule has 1 aliphatic rings. The van der Waals surface area contributed by atoms with Crippen molar-refractivity contribution >= 4 is 51.7 Å². The molecule has 0 saturated carbocycles. The van der Waals surface area contributed by atoms with Crippen molar-refractivity contribution < 1.29 is 23.9 Å². The maximum absolute atomic E-state index is 13.3. The van der Waals surface area contributed by atoms with Crippen molar-refractivity contribution in [1.29, 1.82) is 0 Å². The number of esters is 1. The first-order valence-electron chi connectivity index (χ1n) is 15.4. The Labute approximate surface area is 281 Å². The van der Waals surface area contributed by atoms with Gasteiger partial charge in [0.25, 0.3) is 5.91 Å². The zero-order chi connectivity index (χ0) is 33.0. The van der Waals surface area contributed by atoms with Gasteiger partial charge in [0, 0.05) is 30.1 Å². The molecular weight excluding hydrogens is 642 g/mol. The lowest BCUT2D eigenvalue weighted by molar-refractivity contribution is -0.156. The monoisotopic (exact) mass is 677 g/mol. The van der Waals surface area contributed by atoms with Crippen molar-refractivity contribution in [2.45, 2.75) is 45.1 Å². The normalized spacial score (nSPS) is 13.9. The van der Waals surface area contributed by atoms with Gasteiger partial charge >= 0.3 is 5.97 Å². The molecule has 1 aliphatic heterocycles. The van der Waals surface area contributed by atoms with Gasteiger partial charge in [0.05, 0.1) is 31.9 Å². The summed E-state index contributed by atoms with van der Waals surface area (Å²) in [6.45, 7) is 4.37. The van der Waals surface area contributed by atoms with Crippen molar-refractivity contribution in [2.75, 3.05) is 43.5 Å². The number of aromatic nitrogens is 4. The molecule has 3 heterocycles. The molecule has 0 aliphatic carbocycles. The number of nitrogens with one attached hydrogen (secondary N) is 2. The van der Waals surface area contributed by atoms with E-state index in [4.69, 9.17) is 21.1 Å². The lowest BCUT2D eigenvalue weighted by Gasteiger charge is -2.26. The van der Waals surface area contributed by atoms with Gasteiger partial charge in [-0.05, 0) is 56.0 Å². The summed E-state index contributed by atoms with van der Waals surface area (Å²) in [5, 5.41) is 23.8. The number of carbonyl (C=O) groups is 3. The van der Waals surface area contributed by atoms with Crippen LogP contribution < -0.4 is 10.6 Å². The third-order valence-corrected chi connectivity index (χ3v) is 8.43. The highest BCUT2D eigenvalue weighted by atomic mass is 35.5. The standard InChI is InChI=1S/C33H36ClN7O5S/c1-22-6-4-7-23(18-22)19-28(42)35-27-13-12-26(37-38-27)10-2-3-11-29-39-40-33(47-29)36-32(44)31(24-8-5-9-25(34)20-24)46-30(43)21-41-14-16-45-17-15-41/h4-9,12-13,18,20,31H,2-3,10-11,14-17,19,21H2,1H3,(H,35,38,42)(H,36,40,44). The lowest BCUT2D eigenvalue weighted by atomic mass is 10.1. The summed E-state index contributed by atoms with van der Waals surface area (Å²) in [4.78, 5) is 40.3. The number of benzene rings is 2. The molecule has 47 heavy (non-hydrogen) atoms. The third kappa shape index (κ3) is 10.9. The smallest absolute Gasteiger partial charge is 0.321 e. The molecule has 2 amide bonds. The molecule has 5 rings (SSSR count). The third-order valence-electron chi connectivity index (χ3n) is 7.30. The van der Waals surface area contributed by atoms with E-state index in [9.17, 15) is 14.4 Å². The van der Waals surface area contributed by atoms with Crippen LogP contribution in [0.4, 0.5) is 10.9 Å². The fourth-order valence-corrected chi connectivity index (χ4v) is 5.95. The number of amides is 2. The molecule has 1 unspecified atom stereocenters. The van der Waals surface area contributed by atoms with Gasteiger partial charge in [-0.1, -0.05) is 64.9 Å². The summed E-state index contributed by atoms with van der Waals surface area (Å²) in [6, 6.07) is 18.1.